The maximum Gasteiger partial charge on any atom is 0.244 e. The van der Waals surface area contributed by atoms with Crippen molar-refractivity contribution in [2.24, 2.45) is 0 Å². The topological polar surface area (TPSA) is 98.7 Å². The third-order valence-electron chi connectivity index (χ3n) is 5.03. The number of nitrogens with one attached hydrogen (secondary N) is 1. The Labute approximate surface area is 181 Å². The minimum absolute atomic E-state index is 0.0453. The summed E-state index contributed by atoms with van der Waals surface area (Å²) in [5.41, 5.74) is 0.382. The number of sulfonamides is 1. The smallest absolute Gasteiger partial charge is 0.244 e. The fourth-order valence-corrected chi connectivity index (χ4v) is 4.55. The number of hydrogen-bond acceptors (Lipinski definition) is 7. The molecule has 0 unspecified atom stereocenters. The van der Waals surface area contributed by atoms with E-state index in [1.807, 2.05) is 6.92 Å². The lowest BCUT2D eigenvalue weighted by Crippen LogP contribution is -2.53. The molecule has 9 nitrogen and oxygen atoms in total. The van der Waals surface area contributed by atoms with Crippen LogP contribution in [-0.2, 0) is 14.8 Å². The van der Waals surface area contributed by atoms with Crippen LogP contribution in [0.25, 0.3) is 0 Å². The first-order valence-corrected chi connectivity index (χ1v) is 11.3. The Morgan fingerprint density at radius 2 is 1.80 bits per heavy atom. The summed E-state index contributed by atoms with van der Waals surface area (Å²) in [7, 11) is -0.857. The molecule has 1 atom stereocenters. The molecule has 1 amide bonds. The monoisotopic (exact) mass is 452 g/mol. The SMILES string of the molecule is C[C@H](C(=O)Nc1ccc(Cl)c(S(=O)(=O)N(C)C)c1)N1CCN(c2ncccn2)CC1. The zero-order valence-electron chi connectivity index (χ0n) is 17.1. The van der Waals surface area contributed by atoms with Crippen LogP contribution in [0.3, 0.4) is 0 Å². The third-order valence-corrected chi connectivity index (χ3v) is 7.33. The molecule has 30 heavy (non-hydrogen) atoms. The number of anilines is 2. The molecule has 1 aliphatic rings. The van der Waals surface area contributed by atoms with Crippen LogP contribution in [0.4, 0.5) is 11.6 Å². The molecule has 0 aliphatic carbocycles. The van der Waals surface area contributed by atoms with Crippen LogP contribution in [0.1, 0.15) is 6.92 Å². The van der Waals surface area contributed by atoms with Crippen LogP contribution in [-0.4, -0.2) is 79.8 Å². The summed E-state index contributed by atoms with van der Waals surface area (Å²) in [6.07, 6.45) is 3.42. The van der Waals surface area contributed by atoms with Gasteiger partial charge in [-0.25, -0.2) is 22.7 Å². The van der Waals surface area contributed by atoms with Gasteiger partial charge in [0.25, 0.3) is 0 Å². The number of carbonyl (C=O) groups is 1. The summed E-state index contributed by atoms with van der Waals surface area (Å²) in [5.74, 6) is 0.472. The van der Waals surface area contributed by atoms with Crippen LogP contribution in [0.15, 0.2) is 41.6 Å². The van der Waals surface area contributed by atoms with Gasteiger partial charge >= 0.3 is 0 Å². The summed E-state index contributed by atoms with van der Waals surface area (Å²) >= 11 is 6.07. The number of hydrogen-bond donors (Lipinski definition) is 1. The lowest BCUT2D eigenvalue weighted by molar-refractivity contribution is -0.120. The minimum atomic E-state index is -3.72. The summed E-state index contributed by atoms with van der Waals surface area (Å²) in [4.78, 5) is 25.4. The largest absolute Gasteiger partial charge is 0.338 e. The van der Waals surface area contributed by atoms with Crippen molar-refractivity contribution in [3.05, 3.63) is 41.7 Å². The van der Waals surface area contributed by atoms with Gasteiger partial charge in [0.15, 0.2) is 0 Å². The van der Waals surface area contributed by atoms with Crippen molar-refractivity contribution in [2.45, 2.75) is 17.9 Å². The van der Waals surface area contributed by atoms with E-state index in [4.69, 9.17) is 11.6 Å². The van der Waals surface area contributed by atoms with E-state index >= 15 is 0 Å². The molecule has 162 valence electrons. The number of rotatable bonds is 6. The van der Waals surface area contributed by atoms with E-state index in [0.29, 0.717) is 37.8 Å². The first-order valence-electron chi connectivity index (χ1n) is 9.49. The van der Waals surface area contributed by atoms with Crippen molar-refractivity contribution >= 4 is 39.2 Å². The molecule has 1 saturated heterocycles. The average molecular weight is 453 g/mol. The predicted molar refractivity (Wildman–Crippen MR) is 116 cm³/mol. The third kappa shape index (κ3) is 4.89. The number of benzene rings is 1. The van der Waals surface area contributed by atoms with E-state index in [-0.39, 0.29) is 21.9 Å². The number of nitrogens with zero attached hydrogens (tertiary/aromatic N) is 5. The van der Waals surface area contributed by atoms with Crippen molar-refractivity contribution in [1.82, 2.24) is 19.2 Å². The molecule has 1 aliphatic heterocycles. The normalized spacial score (nSPS) is 16.5. The first-order chi connectivity index (χ1) is 14.2. The van der Waals surface area contributed by atoms with Crippen LogP contribution in [0, 0.1) is 0 Å². The van der Waals surface area contributed by atoms with Gasteiger partial charge in [-0.3, -0.25) is 9.69 Å². The minimum Gasteiger partial charge on any atom is -0.338 e. The zero-order valence-corrected chi connectivity index (χ0v) is 18.7. The second kappa shape index (κ2) is 9.25. The van der Waals surface area contributed by atoms with E-state index < -0.39 is 10.0 Å². The van der Waals surface area contributed by atoms with E-state index in [1.165, 1.54) is 26.2 Å². The van der Waals surface area contributed by atoms with E-state index in [9.17, 15) is 13.2 Å². The Hall–Kier alpha value is -2.27. The quantitative estimate of drug-likeness (QED) is 0.709. The van der Waals surface area contributed by atoms with Gasteiger partial charge in [0.2, 0.25) is 21.9 Å². The molecule has 11 heteroatoms. The Bertz CT molecular complexity index is 995. The summed E-state index contributed by atoms with van der Waals surface area (Å²) in [6, 6.07) is 5.84. The second-order valence-electron chi connectivity index (χ2n) is 7.17. The highest BCUT2D eigenvalue weighted by molar-refractivity contribution is 7.89. The molecule has 2 heterocycles. The standard InChI is InChI=1S/C19H25ClN6O3S/c1-14(25-9-11-26(12-10-25)19-21-7-4-8-22-19)18(27)23-15-5-6-16(20)17(13-15)30(28,29)24(2)3/h4-8,13-14H,9-12H2,1-3H3,(H,23,27)/t14-/m1/s1. The number of amides is 1. The Morgan fingerprint density at radius 1 is 1.17 bits per heavy atom. The van der Waals surface area contributed by atoms with Gasteiger partial charge in [0, 0.05) is 58.4 Å². The van der Waals surface area contributed by atoms with Crippen LogP contribution >= 0.6 is 11.6 Å². The lowest BCUT2D eigenvalue weighted by atomic mass is 10.2. The first kappa shape index (κ1) is 22.4. The molecular formula is C19H25ClN6O3S. The summed E-state index contributed by atoms with van der Waals surface area (Å²) in [6.45, 7) is 4.64. The van der Waals surface area contributed by atoms with Gasteiger partial charge in [0.1, 0.15) is 4.90 Å². The molecule has 1 aromatic carbocycles. The van der Waals surface area contributed by atoms with Gasteiger partial charge in [-0.2, -0.15) is 0 Å². The number of halogens is 1. The predicted octanol–water partition coefficient (Wildman–Crippen LogP) is 1.53. The van der Waals surface area contributed by atoms with E-state index in [1.54, 1.807) is 24.5 Å². The molecule has 0 radical (unpaired) electrons. The van der Waals surface area contributed by atoms with E-state index in [0.717, 1.165) is 4.31 Å². The Morgan fingerprint density at radius 3 is 2.40 bits per heavy atom. The van der Waals surface area contributed by atoms with Gasteiger partial charge in [-0.15, -0.1) is 0 Å². The zero-order chi connectivity index (χ0) is 21.9. The van der Waals surface area contributed by atoms with Crippen molar-refractivity contribution in [1.29, 1.82) is 0 Å². The number of piperazine rings is 1. The molecule has 0 saturated carbocycles. The van der Waals surface area contributed by atoms with Gasteiger partial charge in [-0.05, 0) is 31.2 Å². The molecule has 2 aromatic rings. The van der Waals surface area contributed by atoms with Gasteiger partial charge in [0.05, 0.1) is 11.1 Å². The van der Waals surface area contributed by atoms with Crippen molar-refractivity contribution in [3.8, 4) is 0 Å². The van der Waals surface area contributed by atoms with Gasteiger partial charge < -0.3 is 10.2 Å². The second-order valence-corrected chi connectivity index (χ2v) is 9.70. The molecule has 1 aromatic heterocycles. The van der Waals surface area contributed by atoms with Crippen molar-refractivity contribution in [3.63, 3.8) is 0 Å². The van der Waals surface area contributed by atoms with Crippen LogP contribution < -0.4 is 10.2 Å². The Kier molecular flexibility index (Phi) is 6.91. The summed E-state index contributed by atoms with van der Waals surface area (Å²) < 4.78 is 25.9. The van der Waals surface area contributed by atoms with Gasteiger partial charge in [-0.1, -0.05) is 11.6 Å². The van der Waals surface area contributed by atoms with Crippen molar-refractivity contribution in [2.75, 3.05) is 50.5 Å². The highest BCUT2D eigenvalue weighted by atomic mass is 35.5. The molecule has 1 N–H and O–H groups in total. The molecule has 1 fully saturated rings. The maximum absolute atomic E-state index is 12.8. The highest BCUT2D eigenvalue weighted by Crippen LogP contribution is 2.27. The number of carbonyl (C=O) groups excluding carboxylic acids is 1. The lowest BCUT2D eigenvalue weighted by Gasteiger charge is -2.37. The van der Waals surface area contributed by atoms with Crippen LogP contribution in [0.2, 0.25) is 5.02 Å². The van der Waals surface area contributed by atoms with Crippen LogP contribution in [0.5, 0.6) is 0 Å². The van der Waals surface area contributed by atoms with Crippen molar-refractivity contribution < 1.29 is 13.2 Å². The average Bonchev–Trinajstić information content (AvgIpc) is 2.75. The maximum atomic E-state index is 12.8. The molecule has 3 rings (SSSR count). The molecule has 0 bridgehead atoms. The van der Waals surface area contributed by atoms with E-state index in [2.05, 4.69) is 25.1 Å². The fraction of sp³-hybridized carbons (Fsp3) is 0.421. The summed E-state index contributed by atoms with van der Waals surface area (Å²) in [5, 5.41) is 2.91. The Balaban J connectivity index is 1.64. The number of aromatic nitrogens is 2. The fourth-order valence-electron chi connectivity index (χ4n) is 3.15. The molecule has 0 spiro atoms. The highest BCUT2D eigenvalue weighted by Gasteiger charge is 2.27. The molecular weight excluding hydrogens is 428 g/mol.